The summed E-state index contributed by atoms with van der Waals surface area (Å²) in [5, 5.41) is 9.13. The van der Waals surface area contributed by atoms with Gasteiger partial charge in [-0.3, -0.25) is 0 Å². The number of allylic oxidation sites excluding steroid dienone is 1. The zero-order valence-electron chi connectivity index (χ0n) is 13.6. The number of ether oxygens (including phenoxy) is 2. The lowest BCUT2D eigenvalue weighted by Gasteiger charge is -2.06. The molecule has 0 fully saturated rings. The van der Waals surface area contributed by atoms with Gasteiger partial charge in [0.2, 0.25) is 0 Å². The maximum atomic E-state index is 11.8. The van der Waals surface area contributed by atoms with E-state index in [2.05, 4.69) is 11.9 Å². The van der Waals surface area contributed by atoms with Crippen LogP contribution in [-0.2, 0) is 9.47 Å². The monoisotopic (exact) mass is 314 g/mol. The van der Waals surface area contributed by atoms with Gasteiger partial charge < -0.3 is 9.47 Å². The van der Waals surface area contributed by atoms with Crippen LogP contribution in [-0.4, -0.2) is 18.5 Å². The van der Waals surface area contributed by atoms with Crippen LogP contribution >= 0.6 is 0 Å². The first-order valence-corrected chi connectivity index (χ1v) is 7.77. The molecule has 5 nitrogen and oxygen atoms in total. The topological polar surface area (TPSA) is 71.7 Å². The molecule has 0 aliphatic heterocycles. The molecule has 0 saturated heterocycles. The Morgan fingerprint density at radius 3 is 2.61 bits per heavy atom. The second-order valence-electron chi connectivity index (χ2n) is 4.78. The number of esters is 1. The van der Waals surface area contributed by atoms with Crippen molar-refractivity contribution in [3.63, 3.8) is 0 Å². The van der Waals surface area contributed by atoms with Crippen molar-refractivity contribution in [2.24, 2.45) is 4.99 Å². The fourth-order valence-electron chi connectivity index (χ4n) is 1.82. The summed E-state index contributed by atoms with van der Waals surface area (Å²) in [6.45, 7) is 4.45. The summed E-state index contributed by atoms with van der Waals surface area (Å²) in [7, 11) is 0. The van der Waals surface area contributed by atoms with Gasteiger partial charge in [-0.25, -0.2) is 9.79 Å². The van der Waals surface area contributed by atoms with E-state index < -0.39 is 5.97 Å². The summed E-state index contributed by atoms with van der Waals surface area (Å²) < 4.78 is 10.4. The van der Waals surface area contributed by atoms with Crippen molar-refractivity contribution < 1.29 is 14.3 Å². The van der Waals surface area contributed by atoms with Crippen molar-refractivity contribution in [3.8, 4) is 6.07 Å². The van der Waals surface area contributed by atoms with E-state index in [0.29, 0.717) is 24.5 Å². The van der Waals surface area contributed by atoms with Gasteiger partial charge in [-0.15, -0.1) is 0 Å². The van der Waals surface area contributed by atoms with Crippen LogP contribution < -0.4 is 0 Å². The number of aliphatic imine (C=N–C) groups is 1. The summed E-state index contributed by atoms with van der Waals surface area (Å²) >= 11 is 0. The number of benzene rings is 1. The Balaban J connectivity index is 2.74. The molecular weight excluding hydrogens is 292 g/mol. The molecule has 0 spiro atoms. The Kier molecular flexibility index (Phi) is 8.84. The van der Waals surface area contributed by atoms with Crippen molar-refractivity contribution in [2.45, 2.75) is 39.5 Å². The molecule has 1 rings (SSSR count). The second kappa shape index (κ2) is 11.0. The number of carbonyl (C=O) groups is 1. The minimum Gasteiger partial charge on any atom is -0.481 e. The number of hydrogen-bond donors (Lipinski definition) is 0. The Bertz CT molecular complexity index is 586. The smallest absolute Gasteiger partial charge is 0.343 e. The van der Waals surface area contributed by atoms with Crippen molar-refractivity contribution >= 4 is 11.9 Å². The number of hydrogen-bond acceptors (Lipinski definition) is 5. The van der Waals surface area contributed by atoms with Crippen molar-refractivity contribution in [2.75, 3.05) is 6.61 Å². The summed E-state index contributed by atoms with van der Waals surface area (Å²) in [5.74, 6) is -0.0398. The summed E-state index contributed by atoms with van der Waals surface area (Å²) in [4.78, 5) is 16.0. The highest BCUT2D eigenvalue weighted by Crippen LogP contribution is 2.07. The quantitative estimate of drug-likeness (QED) is 0.180. The fraction of sp³-hybridized carbons (Fsp3) is 0.389. The molecule has 0 aromatic heterocycles. The lowest BCUT2D eigenvalue weighted by Crippen LogP contribution is -2.06. The van der Waals surface area contributed by atoms with E-state index in [-0.39, 0.29) is 5.70 Å². The van der Waals surface area contributed by atoms with E-state index in [1.807, 2.05) is 19.1 Å². The highest BCUT2D eigenvalue weighted by molar-refractivity contribution is 5.89. The fourth-order valence-corrected chi connectivity index (χ4v) is 1.82. The van der Waals surface area contributed by atoms with Crippen LogP contribution in [0.2, 0.25) is 0 Å². The molecule has 0 saturated carbocycles. The molecule has 0 bridgehead atoms. The summed E-state index contributed by atoms with van der Waals surface area (Å²) in [5.41, 5.74) is 0.423. The molecule has 0 unspecified atom stereocenters. The van der Waals surface area contributed by atoms with Crippen LogP contribution in [0.1, 0.15) is 49.9 Å². The SMILES string of the molecule is CCCCCC(=N/C(C#N)=C/OC(=O)c1ccccc1)OCC. The van der Waals surface area contributed by atoms with Gasteiger partial charge in [0.25, 0.3) is 0 Å². The van der Waals surface area contributed by atoms with Gasteiger partial charge in [0.1, 0.15) is 12.3 Å². The van der Waals surface area contributed by atoms with Gasteiger partial charge in [0.05, 0.1) is 12.2 Å². The van der Waals surface area contributed by atoms with E-state index >= 15 is 0 Å². The van der Waals surface area contributed by atoms with E-state index in [9.17, 15) is 4.79 Å². The lowest BCUT2D eigenvalue weighted by atomic mass is 10.2. The lowest BCUT2D eigenvalue weighted by molar-refractivity contribution is 0.0661. The third-order valence-electron chi connectivity index (χ3n) is 2.95. The number of unbranched alkanes of at least 4 members (excludes halogenated alkanes) is 2. The Morgan fingerprint density at radius 1 is 1.26 bits per heavy atom. The van der Waals surface area contributed by atoms with Crippen molar-refractivity contribution in [3.05, 3.63) is 47.9 Å². The molecule has 1 aromatic carbocycles. The molecule has 1 aromatic rings. The van der Waals surface area contributed by atoms with Crippen LogP contribution in [0.4, 0.5) is 0 Å². The predicted molar refractivity (Wildman–Crippen MR) is 88.8 cm³/mol. The normalized spacial score (nSPS) is 11.7. The molecule has 0 radical (unpaired) electrons. The Hall–Kier alpha value is -2.61. The Labute approximate surface area is 137 Å². The van der Waals surface area contributed by atoms with Crippen molar-refractivity contribution in [1.82, 2.24) is 0 Å². The molecule has 0 atom stereocenters. The second-order valence-corrected chi connectivity index (χ2v) is 4.78. The molecule has 23 heavy (non-hydrogen) atoms. The molecule has 122 valence electrons. The van der Waals surface area contributed by atoms with Crippen LogP contribution in [0.25, 0.3) is 0 Å². The predicted octanol–water partition coefficient (Wildman–Crippen LogP) is 4.22. The number of nitriles is 1. The number of nitrogens with zero attached hydrogens (tertiary/aromatic N) is 2. The van der Waals surface area contributed by atoms with Crippen molar-refractivity contribution in [1.29, 1.82) is 5.26 Å². The number of carbonyl (C=O) groups excluding carboxylic acids is 1. The first-order chi connectivity index (χ1) is 11.2. The molecule has 0 aliphatic carbocycles. The average molecular weight is 314 g/mol. The summed E-state index contributed by atoms with van der Waals surface area (Å²) in [6, 6.07) is 10.5. The van der Waals surface area contributed by atoms with Gasteiger partial charge in [0, 0.05) is 6.42 Å². The van der Waals surface area contributed by atoms with Gasteiger partial charge in [0.15, 0.2) is 11.6 Å². The van der Waals surface area contributed by atoms with E-state index in [1.165, 1.54) is 0 Å². The van der Waals surface area contributed by atoms with Crippen LogP contribution in [0.3, 0.4) is 0 Å². The summed E-state index contributed by atoms with van der Waals surface area (Å²) in [6.07, 6.45) is 4.83. The van der Waals surface area contributed by atoms with Crippen LogP contribution in [0.15, 0.2) is 47.3 Å². The van der Waals surface area contributed by atoms with Crippen LogP contribution in [0.5, 0.6) is 0 Å². The minimum absolute atomic E-state index is 0.00855. The first-order valence-electron chi connectivity index (χ1n) is 7.77. The molecule has 0 N–H and O–H groups in total. The standard InChI is InChI=1S/C18H22N2O3/c1-3-5-7-12-17(22-4-2)20-16(13-19)14-23-18(21)15-10-8-6-9-11-15/h6,8-11,14H,3-5,7,12H2,1-2H3/b16-14+,20-17?. The third-order valence-corrected chi connectivity index (χ3v) is 2.95. The minimum atomic E-state index is -0.530. The molecule has 0 amide bonds. The number of rotatable bonds is 8. The van der Waals surface area contributed by atoms with Gasteiger partial charge in [-0.05, 0) is 25.5 Å². The highest BCUT2D eigenvalue weighted by Gasteiger charge is 2.07. The Morgan fingerprint density at radius 2 is 2.00 bits per heavy atom. The van der Waals surface area contributed by atoms with E-state index in [4.69, 9.17) is 14.7 Å². The largest absolute Gasteiger partial charge is 0.481 e. The third kappa shape index (κ3) is 7.28. The molecule has 5 heteroatoms. The van der Waals surface area contributed by atoms with Gasteiger partial charge >= 0.3 is 5.97 Å². The first kappa shape index (κ1) is 18.4. The maximum Gasteiger partial charge on any atom is 0.343 e. The molecular formula is C18H22N2O3. The highest BCUT2D eigenvalue weighted by atomic mass is 16.5. The molecule has 0 heterocycles. The van der Waals surface area contributed by atoms with Crippen LogP contribution in [0, 0.1) is 11.3 Å². The molecule has 0 aliphatic rings. The zero-order chi connectivity index (χ0) is 16.9. The zero-order valence-corrected chi connectivity index (χ0v) is 13.6. The van der Waals surface area contributed by atoms with E-state index in [0.717, 1.165) is 25.5 Å². The van der Waals surface area contributed by atoms with E-state index in [1.54, 1.807) is 24.3 Å². The van der Waals surface area contributed by atoms with Gasteiger partial charge in [-0.2, -0.15) is 5.26 Å². The maximum absolute atomic E-state index is 11.8. The van der Waals surface area contributed by atoms with Gasteiger partial charge in [-0.1, -0.05) is 38.0 Å². The average Bonchev–Trinajstić information content (AvgIpc) is 2.59.